The van der Waals surface area contributed by atoms with Crippen LogP contribution in [0.25, 0.3) is 17.4 Å². The number of nitrogens with one attached hydrogen (secondary N) is 2. The van der Waals surface area contributed by atoms with E-state index in [4.69, 9.17) is 4.42 Å². The van der Waals surface area contributed by atoms with E-state index in [-0.39, 0.29) is 5.70 Å². The second-order valence-electron chi connectivity index (χ2n) is 4.03. The zero-order valence-corrected chi connectivity index (χ0v) is 9.84. The summed E-state index contributed by atoms with van der Waals surface area (Å²) in [6.45, 7) is 0. The molecule has 1 fully saturated rings. The van der Waals surface area contributed by atoms with E-state index < -0.39 is 11.9 Å². The smallest absolute Gasteiger partial charge is 0.326 e. The van der Waals surface area contributed by atoms with Crippen LogP contribution in [-0.4, -0.2) is 11.9 Å². The van der Waals surface area contributed by atoms with Crippen LogP contribution in [0, 0.1) is 0 Å². The van der Waals surface area contributed by atoms with E-state index in [1.807, 2.05) is 36.4 Å². The number of carbonyl (C=O) groups is 2. The van der Waals surface area contributed by atoms with E-state index >= 15 is 0 Å². The van der Waals surface area contributed by atoms with Crippen LogP contribution in [0.5, 0.6) is 0 Å². The van der Waals surface area contributed by atoms with Crippen molar-refractivity contribution in [3.63, 3.8) is 0 Å². The van der Waals surface area contributed by atoms with Crippen molar-refractivity contribution in [1.82, 2.24) is 10.6 Å². The summed E-state index contributed by atoms with van der Waals surface area (Å²) in [6, 6.07) is 12.7. The van der Waals surface area contributed by atoms with E-state index in [9.17, 15) is 9.59 Å². The molecule has 0 aliphatic carbocycles. The zero-order valence-electron chi connectivity index (χ0n) is 9.84. The molecule has 2 heterocycles. The van der Waals surface area contributed by atoms with E-state index in [2.05, 4.69) is 10.6 Å². The number of furan rings is 1. The molecule has 0 unspecified atom stereocenters. The molecule has 0 radical (unpaired) electrons. The Morgan fingerprint density at radius 1 is 0.947 bits per heavy atom. The van der Waals surface area contributed by atoms with Gasteiger partial charge in [0.15, 0.2) is 0 Å². The van der Waals surface area contributed by atoms with Crippen molar-refractivity contribution in [2.45, 2.75) is 0 Å². The third-order valence-electron chi connectivity index (χ3n) is 2.69. The van der Waals surface area contributed by atoms with Gasteiger partial charge in [0.2, 0.25) is 0 Å². The van der Waals surface area contributed by atoms with Gasteiger partial charge in [-0.2, -0.15) is 0 Å². The number of imide groups is 1. The predicted octanol–water partition coefficient (Wildman–Crippen LogP) is 2.13. The summed E-state index contributed by atoms with van der Waals surface area (Å²) >= 11 is 0. The molecular formula is C14H10N2O3. The number of hydrogen-bond acceptors (Lipinski definition) is 3. The first kappa shape index (κ1) is 11.3. The molecule has 3 rings (SSSR count). The number of urea groups is 1. The molecule has 1 saturated heterocycles. The lowest BCUT2D eigenvalue weighted by atomic mass is 10.2. The molecule has 3 amide bonds. The Balaban J connectivity index is 1.89. The van der Waals surface area contributed by atoms with E-state index in [0.29, 0.717) is 11.5 Å². The minimum absolute atomic E-state index is 0.180. The third kappa shape index (κ3) is 2.26. The summed E-state index contributed by atoms with van der Waals surface area (Å²) in [5.41, 5.74) is 1.13. The highest BCUT2D eigenvalue weighted by Gasteiger charge is 2.23. The maximum absolute atomic E-state index is 11.4. The second-order valence-corrected chi connectivity index (χ2v) is 4.03. The van der Waals surface area contributed by atoms with Crippen LogP contribution < -0.4 is 10.6 Å². The number of rotatable bonds is 2. The molecule has 0 atom stereocenters. The Bertz CT molecular complexity index is 671. The van der Waals surface area contributed by atoms with E-state index in [1.165, 1.54) is 6.08 Å². The molecule has 94 valence electrons. The van der Waals surface area contributed by atoms with Crippen LogP contribution >= 0.6 is 0 Å². The fourth-order valence-electron chi connectivity index (χ4n) is 1.81. The van der Waals surface area contributed by atoms with Crippen molar-refractivity contribution in [2.24, 2.45) is 0 Å². The zero-order chi connectivity index (χ0) is 13.2. The van der Waals surface area contributed by atoms with Gasteiger partial charge in [-0.15, -0.1) is 0 Å². The second kappa shape index (κ2) is 4.45. The van der Waals surface area contributed by atoms with Crippen LogP contribution in [0.15, 0.2) is 52.6 Å². The van der Waals surface area contributed by atoms with Gasteiger partial charge in [-0.1, -0.05) is 30.3 Å². The van der Waals surface area contributed by atoms with Gasteiger partial charge in [0.25, 0.3) is 5.91 Å². The molecule has 1 aliphatic rings. The van der Waals surface area contributed by atoms with Gasteiger partial charge < -0.3 is 9.73 Å². The van der Waals surface area contributed by atoms with Crippen molar-refractivity contribution >= 4 is 18.0 Å². The molecular weight excluding hydrogens is 244 g/mol. The monoisotopic (exact) mass is 254 g/mol. The molecule has 2 N–H and O–H groups in total. The highest BCUT2D eigenvalue weighted by molar-refractivity contribution is 6.13. The van der Waals surface area contributed by atoms with Crippen LogP contribution in [0.2, 0.25) is 0 Å². The SMILES string of the molecule is O=C1NC(=O)/C(=C\c2ccc(-c3ccccc3)o2)N1. The average molecular weight is 254 g/mol. The van der Waals surface area contributed by atoms with Gasteiger partial charge in [0.1, 0.15) is 17.2 Å². The number of hydrogen-bond donors (Lipinski definition) is 2. The van der Waals surface area contributed by atoms with Crippen molar-refractivity contribution in [3.8, 4) is 11.3 Å². The number of carbonyl (C=O) groups excluding carboxylic acids is 2. The fraction of sp³-hybridized carbons (Fsp3) is 0. The lowest BCUT2D eigenvalue weighted by molar-refractivity contribution is -0.115. The van der Waals surface area contributed by atoms with Gasteiger partial charge >= 0.3 is 6.03 Å². The summed E-state index contributed by atoms with van der Waals surface area (Å²) in [4.78, 5) is 22.3. The van der Waals surface area contributed by atoms with Gasteiger partial charge in [0.05, 0.1) is 0 Å². The summed E-state index contributed by atoms with van der Waals surface area (Å²) in [5.74, 6) is 0.756. The van der Waals surface area contributed by atoms with Crippen molar-refractivity contribution < 1.29 is 14.0 Å². The normalized spacial score (nSPS) is 16.5. The molecule has 5 nitrogen and oxygen atoms in total. The van der Waals surface area contributed by atoms with Crippen LogP contribution in [0.1, 0.15) is 5.76 Å². The highest BCUT2D eigenvalue weighted by atomic mass is 16.3. The Morgan fingerprint density at radius 2 is 1.74 bits per heavy atom. The Labute approximate surface area is 108 Å². The standard InChI is InChI=1S/C14H10N2O3/c17-13-11(15-14(18)16-13)8-10-6-7-12(19-10)9-4-2-1-3-5-9/h1-8H,(H2,15,16,17,18)/b11-8+. The molecule has 1 aromatic carbocycles. The van der Waals surface area contributed by atoms with Crippen molar-refractivity contribution in [1.29, 1.82) is 0 Å². The quantitative estimate of drug-likeness (QED) is 0.637. The molecule has 0 saturated carbocycles. The van der Waals surface area contributed by atoms with Gasteiger partial charge in [0, 0.05) is 11.6 Å². The summed E-state index contributed by atoms with van der Waals surface area (Å²) in [5, 5.41) is 4.53. The van der Waals surface area contributed by atoms with Gasteiger partial charge in [-0.3, -0.25) is 10.1 Å². The molecule has 0 bridgehead atoms. The van der Waals surface area contributed by atoms with E-state index in [0.717, 1.165) is 5.56 Å². The third-order valence-corrected chi connectivity index (χ3v) is 2.69. The summed E-state index contributed by atoms with van der Waals surface area (Å²) in [6.07, 6.45) is 1.49. The van der Waals surface area contributed by atoms with Crippen molar-refractivity contribution in [3.05, 3.63) is 53.9 Å². The fourth-order valence-corrected chi connectivity index (χ4v) is 1.81. The minimum atomic E-state index is -0.522. The first-order valence-corrected chi connectivity index (χ1v) is 5.72. The molecule has 5 heteroatoms. The van der Waals surface area contributed by atoms with E-state index in [1.54, 1.807) is 6.07 Å². The highest BCUT2D eigenvalue weighted by Crippen LogP contribution is 2.23. The maximum Gasteiger partial charge on any atom is 0.326 e. The molecule has 2 aromatic rings. The molecule has 19 heavy (non-hydrogen) atoms. The van der Waals surface area contributed by atoms with Crippen LogP contribution in [-0.2, 0) is 4.79 Å². The van der Waals surface area contributed by atoms with Crippen LogP contribution in [0.4, 0.5) is 4.79 Å². The number of benzene rings is 1. The largest absolute Gasteiger partial charge is 0.457 e. The molecule has 1 aliphatic heterocycles. The molecule has 0 spiro atoms. The Morgan fingerprint density at radius 3 is 2.42 bits per heavy atom. The summed E-state index contributed by atoms with van der Waals surface area (Å²) in [7, 11) is 0. The maximum atomic E-state index is 11.4. The Hall–Kier alpha value is -2.82. The Kier molecular flexibility index (Phi) is 2.64. The number of amides is 3. The minimum Gasteiger partial charge on any atom is -0.457 e. The average Bonchev–Trinajstić information content (AvgIpc) is 2.99. The first-order chi connectivity index (χ1) is 9.22. The summed E-state index contributed by atoms with van der Waals surface area (Å²) < 4.78 is 5.61. The molecule has 1 aromatic heterocycles. The van der Waals surface area contributed by atoms with Gasteiger partial charge in [-0.25, -0.2) is 4.79 Å². The predicted molar refractivity (Wildman–Crippen MR) is 68.8 cm³/mol. The van der Waals surface area contributed by atoms with Crippen molar-refractivity contribution in [2.75, 3.05) is 0 Å². The lowest BCUT2D eigenvalue weighted by Crippen LogP contribution is -2.22. The first-order valence-electron chi connectivity index (χ1n) is 5.72. The van der Waals surface area contributed by atoms with Crippen LogP contribution in [0.3, 0.4) is 0 Å². The van der Waals surface area contributed by atoms with Gasteiger partial charge in [-0.05, 0) is 12.1 Å². The lowest BCUT2D eigenvalue weighted by Gasteiger charge is -1.95. The topological polar surface area (TPSA) is 71.3 Å².